The highest BCUT2D eigenvalue weighted by molar-refractivity contribution is 5.97. The normalized spacial score (nSPS) is 17.1. The van der Waals surface area contributed by atoms with E-state index >= 15 is 0 Å². The van der Waals surface area contributed by atoms with Crippen molar-refractivity contribution in [1.82, 2.24) is 20.3 Å². The molecule has 1 amide bonds. The van der Waals surface area contributed by atoms with Gasteiger partial charge in [0.2, 0.25) is 17.6 Å². The lowest BCUT2D eigenvalue weighted by Gasteiger charge is -2.22. The minimum atomic E-state index is -0.121. The van der Waals surface area contributed by atoms with Crippen LogP contribution >= 0.6 is 0 Å². The number of anilines is 1. The van der Waals surface area contributed by atoms with E-state index < -0.39 is 0 Å². The molecule has 3 heterocycles. The third kappa shape index (κ3) is 2.85. The third-order valence-corrected chi connectivity index (χ3v) is 4.69. The van der Waals surface area contributed by atoms with Gasteiger partial charge >= 0.3 is 0 Å². The van der Waals surface area contributed by atoms with Gasteiger partial charge in [0.25, 0.3) is 0 Å². The summed E-state index contributed by atoms with van der Waals surface area (Å²) in [5.41, 5.74) is 3.83. The highest BCUT2D eigenvalue weighted by atomic mass is 16.5. The van der Waals surface area contributed by atoms with E-state index in [2.05, 4.69) is 33.3 Å². The van der Waals surface area contributed by atoms with E-state index in [0.717, 1.165) is 17.7 Å². The molecule has 3 aromatic rings. The van der Waals surface area contributed by atoms with Gasteiger partial charge in [-0.25, -0.2) is 0 Å². The summed E-state index contributed by atoms with van der Waals surface area (Å²) in [6.45, 7) is 4.67. The standard InChI is InChI=1S/C19H19N5O2/c1-3-13-7-4-6-12(2)17(13)24-11-14(10-16(24)25)19-21-18(23-26-19)15-8-5-9-20-22-15/h4-9,14H,3,10-11H2,1-2H3. The Morgan fingerprint density at radius 1 is 1.27 bits per heavy atom. The van der Waals surface area contributed by atoms with Crippen molar-refractivity contribution in [2.75, 3.05) is 11.4 Å². The first-order valence-electron chi connectivity index (χ1n) is 8.68. The van der Waals surface area contributed by atoms with Gasteiger partial charge in [-0.15, -0.1) is 5.10 Å². The largest absolute Gasteiger partial charge is 0.339 e. The maximum absolute atomic E-state index is 12.7. The van der Waals surface area contributed by atoms with Crippen molar-refractivity contribution in [3.63, 3.8) is 0 Å². The van der Waals surface area contributed by atoms with Crippen molar-refractivity contribution >= 4 is 11.6 Å². The minimum Gasteiger partial charge on any atom is -0.339 e. The van der Waals surface area contributed by atoms with Crippen molar-refractivity contribution < 1.29 is 9.32 Å². The molecule has 0 radical (unpaired) electrons. The minimum absolute atomic E-state index is 0.0817. The first-order chi connectivity index (χ1) is 12.7. The van der Waals surface area contributed by atoms with Crippen LogP contribution in [0.5, 0.6) is 0 Å². The first kappa shape index (κ1) is 16.4. The molecule has 4 rings (SSSR count). The number of nitrogens with zero attached hydrogens (tertiary/aromatic N) is 5. The molecule has 7 nitrogen and oxygen atoms in total. The quantitative estimate of drug-likeness (QED) is 0.720. The molecular formula is C19H19N5O2. The molecule has 0 N–H and O–H groups in total. The first-order valence-corrected chi connectivity index (χ1v) is 8.68. The van der Waals surface area contributed by atoms with Crippen LogP contribution in [-0.2, 0) is 11.2 Å². The van der Waals surface area contributed by atoms with Gasteiger partial charge in [-0.2, -0.15) is 10.1 Å². The van der Waals surface area contributed by atoms with Gasteiger partial charge < -0.3 is 9.42 Å². The molecule has 0 saturated carbocycles. The smallest absolute Gasteiger partial charge is 0.232 e. The monoisotopic (exact) mass is 349 g/mol. The van der Waals surface area contributed by atoms with E-state index in [1.54, 1.807) is 18.3 Å². The van der Waals surface area contributed by atoms with Gasteiger partial charge in [0.15, 0.2) is 0 Å². The number of amides is 1. The predicted molar refractivity (Wildman–Crippen MR) is 95.6 cm³/mol. The second-order valence-electron chi connectivity index (χ2n) is 6.41. The van der Waals surface area contributed by atoms with Gasteiger partial charge in [0, 0.05) is 24.8 Å². The zero-order valence-corrected chi connectivity index (χ0v) is 14.7. The number of hydrogen-bond acceptors (Lipinski definition) is 6. The van der Waals surface area contributed by atoms with Crippen LogP contribution in [0.25, 0.3) is 11.5 Å². The van der Waals surface area contributed by atoms with Gasteiger partial charge in [0.05, 0.1) is 5.92 Å². The van der Waals surface area contributed by atoms with E-state index in [0.29, 0.717) is 30.4 Å². The molecule has 132 valence electrons. The van der Waals surface area contributed by atoms with Crippen molar-refractivity contribution in [2.45, 2.75) is 32.6 Å². The van der Waals surface area contributed by atoms with E-state index in [1.807, 2.05) is 24.0 Å². The molecule has 1 aromatic carbocycles. The average molecular weight is 349 g/mol. The number of hydrogen-bond donors (Lipinski definition) is 0. The van der Waals surface area contributed by atoms with Crippen LogP contribution in [0.4, 0.5) is 5.69 Å². The summed E-state index contributed by atoms with van der Waals surface area (Å²) in [5.74, 6) is 0.820. The van der Waals surface area contributed by atoms with E-state index in [-0.39, 0.29) is 11.8 Å². The van der Waals surface area contributed by atoms with Crippen LogP contribution in [0.3, 0.4) is 0 Å². The molecule has 1 atom stereocenters. The number of carbonyl (C=O) groups is 1. The number of para-hydroxylation sites is 1. The Labute approximate surface area is 151 Å². The van der Waals surface area contributed by atoms with Crippen LogP contribution in [0.15, 0.2) is 41.1 Å². The van der Waals surface area contributed by atoms with Gasteiger partial charge in [0.1, 0.15) is 5.69 Å². The molecule has 0 aliphatic carbocycles. The maximum atomic E-state index is 12.7. The van der Waals surface area contributed by atoms with Crippen molar-refractivity contribution in [2.24, 2.45) is 0 Å². The van der Waals surface area contributed by atoms with E-state index in [4.69, 9.17) is 4.52 Å². The summed E-state index contributed by atoms with van der Waals surface area (Å²) in [5, 5.41) is 11.8. The molecular weight excluding hydrogens is 330 g/mol. The Kier molecular flexibility index (Phi) is 4.20. The molecule has 1 fully saturated rings. The molecule has 1 aliphatic heterocycles. The Bertz CT molecular complexity index is 938. The Balaban J connectivity index is 1.61. The summed E-state index contributed by atoms with van der Waals surface area (Å²) in [6, 6.07) is 9.68. The number of rotatable bonds is 4. The summed E-state index contributed by atoms with van der Waals surface area (Å²) in [7, 11) is 0. The third-order valence-electron chi connectivity index (χ3n) is 4.69. The second-order valence-corrected chi connectivity index (χ2v) is 6.41. The Morgan fingerprint density at radius 2 is 2.15 bits per heavy atom. The van der Waals surface area contributed by atoms with Gasteiger partial charge in [-0.3, -0.25) is 4.79 Å². The van der Waals surface area contributed by atoms with Crippen LogP contribution in [0, 0.1) is 6.92 Å². The van der Waals surface area contributed by atoms with Gasteiger partial charge in [-0.1, -0.05) is 30.3 Å². The molecule has 2 aromatic heterocycles. The fourth-order valence-electron chi connectivity index (χ4n) is 3.41. The summed E-state index contributed by atoms with van der Waals surface area (Å²) < 4.78 is 5.41. The van der Waals surface area contributed by atoms with Crippen molar-refractivity contribution in [3.8, 4) is 11.5 Å². The highest BCUT2D eigenvalue weighted by Crippen LogP contribution is 2.35. The van der Waals surface area contributed by atoms with Crippen molar-refractivity contribution in [1.29, 1.82) is 0 Å². The molecule has 0 spiro atoms. The number of aromatic nitrogens is 4. The lowest BCUT2D eigenvalue weighted by atomic mass is 10.0. The lowest BCUT2D eigenvalue weighted by molar-refractivity contribution is -0.117. The van der Waals surface area contributed by atoms with Crippen LogP contribution in [-0.4, -0.2) is 32.8 Å². The Morgan fingerprint density at radius 3 is 2.92 bits per heavy atom. The number of benzene rings is 1. The number of carbonyl (C=O) groups excluding carboxylic acids is 1. The van der Waals surface area contributed by atoms with Crippen molar-refractivity contribution in [3.05, 3.63) is 53.5 Å². The Hall–Kier alpha value is -3.09. The molecule has 7 heteroatoms. The molecule has 26 heavy (non-hydrogen) atoms. The maximum Gasteiger partial charge on any atom is 0.232 e. The molecule has 1 aliphatic rings. The lowest BCUT2D eigenvalue weighted by Crippen LogP contribution is -2.26. The van der Waals surface area contributed by atoms with Crippen LogP contribution < -0.4 is 4.90 Å². The molecule has 1 saturated heterocycles. The topological polar surface area (TPSA) is 85.0 Å². The number of aryl methyl sites for hydroxylation is 2. The summed E-state index contributed by atoms with van der Waals surface area (Å²) >= 11 is 0. The highest BCUT2D eigenvalue weighted by Gasteiger charge is 2.36. The average Bonchev–Trinajstić information content (AvgIpc) is 3.29. The van der Waals surface area contributed by atoms with Crippen LogP contribution in [0.2, 0.25) is 0 Å². The zero-order valence-electron chi connectivity index (χ0n) is 14.7. The second kappa shape index (κ2) is 6.67. The fraction of sp³-hybridized carbons (Fsp3) is 0.316. The SMILES string of the molecule is CCc1cccc(C)c1N1CC(c2nc(-c3cccnn3)no2)CC1=O. The molecule has 1 unspecified atom stereocenters. The summed E-state index contributed by atoms with van der Waals surface area (Å²) in [6.07, 6.45) is 2.83. The summed E-state index contributed by atoms with van der Waals surface area (Å²) in [4.78, 5) is 19.0. The van der Waals surface area contributed by atoms with E-state index in [1.165, 1.54) is 5.56 Å². The fourth-order valence-corrected chi connectivity index (χ4v) is 3.41. The van der Waals surface area contributed by atoms with Gasteiger partial charge in [-0.05, 0) is 36.6 Å². The predicted octanol–water partition coefficient (Wildman–Crippen LogP) is 2.92. The molecule has 0 bridgehead atoms. The van der Waals surface area contributed by atoms with E-state index in [9.17, 15) is 4.79 Å². The zero-order chi connectivity index (χ0) is 18.1. The van der Waals surface area contributed by atoms with Crippen LogP contribution in [0.1, 0.15) is 36.3 Å².